The molecule has 0 radical (unpaired) electrons. The number of fused-ring (bicyclic) bond motifs is 1. The van der Waals surface area contributed by atoms with E-state index >= 15 is 0 Å². The van der Waals surface area contributed by atoms with Gasteiger partial charge in [-0.05, 0) is 56.5 Å². The Morgan fingerprint density at radius 2 is 2.03 bits per heavy atom. The number of carbonyl (C=O) groups excluding carboxylic acids is 1. The maximum Gasteiger partial charge on any atom is 0.240 e. The molecule has 1 saturated heterocycles. The van der Waals surface area contributed by atoms with E-state index in [1.165, 1.54) is 0 Å². The van der Waals surface area contributed by atoms with E-state index in [4.69, 9.17) is 9.47 Å². The number of nitrogens with zero attached hydrogens (tertiary/aromatic N) is 1. The maximum atomic E-state index is 12.6. The lowest BCUT2D eigenvalue weighted by molar-refractivity contribution is -0.124. The van der Waals surface area contributed by atoms with Gasteiger partial charge in [0.25, 0.3) is 0 Å². The second-order valence-corrected chi connectivity index (χ2v) is 8.30. The van der Waals surface area contributed by atoms with E-state index in [9.17, 15) is 4.79 Å². The zero-order valence-corrected chi connectivity index (χ0v) is 17.1. The van der Waals surface area contributed by atoms with Gasteiger partial charge in [0.2, 0.25) is 5.91 Å². The zero-order chi connectivity index (χ0) is 20.3. The number of ether oxygens (including phenoxy) is 2. The number of rotatable bonds is 6. The van der Waals surface area contributed by atoms with Crippen molar-refractivity contribution in [3.05, 3.63) is 66.4 Å². The van der Waals surface area contributed by atoms with Gasteiger partial charge in [-0.25, -0.2) is 0 Å². The summed E-state index contributed by atoms with van der Waals surface area (Å²) in [5.74, 6) is 0.864. The molecule has 1 unspecified atom stereocenters. The molecule has 0 aliphatic carbocycles. The van der Waals surface area contributed by atoms with Gasteiger partial charge in [-0.2, -0.15) is 0 Å². The first-order valence-corrected chi connectivity index (χ1v) is 10.2. The number of nitrogens with one attached hydrogen (secondary N) is 1. The normalized spacial score (nSPS) is 18.5. The molecule has 1 aliphatic heterocycles. The Hall–Kier alpha value is -2.79. The standard InChI is InChI=1S/C24H28N2O3/c1-24(2)15-20(11-13-29-24)25-23(27)16-26-12-10-19-14-21(8-9-22(19)26)28-17-18-6-4-3-5-7-18/h3-10,12,14,20H,11,13,15-17H2,1-2H3,(H,25,27). The summed E-state index contributed by atoms with van der Waals surface area (Å²) in [6, 6.07) is 18.3. The molecule has 1 amide bonds. The Balaban J connectivity index is 1.38. The van der Waals surface area contributed by atoms with E-state index < -0.39 is 0 Å². The SMILES string of the molecule is CC1(C)CC(NC(=O)Cn2ccc3cc(OCc4ccccc4)ccc32)CCO1. The fourth-order valence-electron chi connectivity index (χ4n) is 3.93. The third-order valence-electron chi connectivity index (χ3n) is 5.37. The lowest BCUT2D eigenvalue weighted by Gasteiger charge is -2.35. The number of hydrogen-bond acceptors (Lipinski definition) is 3. The summed E-state index contributed by atoms with van der Waals surface area (Å²) in [6.45, 7) is 5.68. The van der Waals surface area contributed by atoms with Crippen molar-refractivity contribution in [3.8, 4) is 5.75 Å². The van der Waals surface area contributed by atoms with Crippen LogP contribution in [0.5, 0.6) is 5.75 Å². The van der Waals surface area contributed by atoms with Crippen LogP contribution in [0.1, 0.15) is 32.3 Å². The topological polar surface area (TPSA) is 52.5 Å². The molecular formula is C24H28N2O3. The molecule has 2 aromatic carbocycles. The van der Waals surface area contributed by atoms with E-state index in [0.717, 1.165) is 35.1 Å². The fourth-order valence-corrected chi connectivity index (χ4v) is 3.93. The summed E-state index contributed by atoms with van der Waals surface area (Å²) in [4.78, 5) is 12.6. The molecule has 0 spiro atoms. The Kier molecular flexibility index (Phi) is 5.58. The Bertz CT molecular complexity index is 978. The van der Waals surface area contributed by atoms with Crippen LogP contribution in [0.15, 0.2) is 60.8 Å². The van der Waals surface area contributed by atoms with Crippen molar-refractivity contribution >= 4 is 16.8 Å². The van der Waals surface area contributed by atoms with Gasteiger partial charge in [0.15, 0.2) is 0 Å². The minimum Gasteiger partial charge on any atom is -0.489 e. The van der Waals surface area contributed by atoms with Gasteiger partial charge in [0.1, 0.15) is 18.9 Å². The number of hydrogen-bond donors (Lipinski definition) is 1. The first kappa shape index (κ1) is 19.5. The maximum absolute atomic E-state index is 12.6. The van der Waals surface area contributed by atoms with Crippen LogP contribution in [0.3, 0.4) is 0 Å². The summed E-state index contributed by atoms with van der Waals surface area (Å²) in [5.41, 5.74) is 1.99. The summed E-state index contributed by atoms with van der Waals surface area (Å²) in [5, 5.41) is 4.23. The molecule has 5 heteroatoms. The molecular weight excluding hydrogens is 364 g/mol. The molecule has 1 aliphatic rings. The van der Waals surface area contributed by atoms with Gasteiger partial charge in [0.05, 0.1) is 5.60 Å². The highest BCUT2D eigenvalue weighted by Crippen LogP contribution is 2.25. The minimum absolute atomic E-state index is 0.0367. The Morgan fingerprint density at radius 1 is 1.21 bits per heavy atom. The fraction of sp³-hybridized carbons (Fsp3) is 0.375. The van der Waals surface area contributed by atoms with Gasteiger partial charge in [-0.15, -0.1) is 0 Å². The van der Waals surface area contributed by atoms with Crippen molar-refractivity contribution in [2.24, 2.45) is 0 Å². The second kappa shape index (κ2) is 8.29. The lowest BCUT2D eigenvalue weighted by Crippen LogP contribution is -2.46. The van der Waals surface area contributed by atoms with E-state index in [2.05, 4.69) is 19.2 Å². The van der Waals surface area contributed by atoms with E-state index in [1.54, 1.807) is 0 Å². The zero-order valence-electron chi connectivity index (χ0n) is 17.1. The first-order valence-electron chi connectivity index (χ1n) is 10.2. The van der Waals surface area contributed by atoms with Gasteiger partial charge >= 0.3 is 0 Å². The molecule has 3 aromatic rings. The predicted molar refractivity (Wildman–Crippen MR) is 114 cm³/mol. The van der Waals surface area contributed by atoms with Crippen molar-refractivity contribution in [3.63, 3.8) is 0 Å². The third-order valence-corrected chi connectivity index (χ3v) is 5.37. The molecule has 1 aromatic heterocycles. The van der Waals surface area contributed by atoms with E-state index in [-0.39, 0.29) is 17.6 Å². The van der Waals surface area contributed by atoms with Gasteiger partial charge in [-0.1, -0.05) is 30.3 Å². The second-order valence-electron chi connectivity index (χ2n) is 8.30. The molecule has 2 heterocycles. The van der Waals surface area contributed by atoms with Crippen molar-refractivity contribution < 1.29 is 14.3 Å². The summed E-state index contributed by atoms with van der Waals surface area (Å²) in [7, 11) is 0. The average Bonchev–Trinajstić information content (AvgIpc) is 3.08. The number of aromatic nitrogens is 1. The molecule has 152 valence electrons. The highest BCUT2D eigenvalue weighted by molar-refractivity contribution is 5.84. The average molecular weight is 392 g/mol. The number of amides is 1. The molecule has 29 heavy (non-hydrogen) atoms. The van der Waals surface area contributed by atoms with Crippen LogP contribution >= 0.6 is 0 Å². The lowest BCUT2D eigenvalue weighted by atomic mass is 9.94. The number of benzene rings is 2. The van der Waals surface area contributed by atoms with Crippen LogP contribution in [0.2, 0.25) is 0 Å². The van der Waals surface area contributed by atoms with Crippen LogP contribution in [0, 0.1) is 0 Å². The van der Waals surface area contributed by atoms with Crippen LogP contribution in [-0.4, -0.2) is 28.7 Å². The van der Waals surface area contributed by atoms with Crippen LogP contribution in [0.4, 0.5) is 0 Å². The van der Waals surface area contributed by atoms with E-state index in [1.807, 2.05) is 65.4 Å². The molecule has 1 atom stereocenters. The van der Waals surface area contributed by atoms with Crippen LogP contribution < -0.4 is 10.1 Å². The van der Waals surface area contributed by atoms with Crippen molar-refractivity contribution in [1.29, 1.82) is 0 Å². The molecule has 1 fully saturated rings. The summed E-state index contributed by atoms with van der Waals surface area (Å²) < 4.78 is 13.6. The summed E-state index contributed by atoms with van der Waals surface area (Å²) in [6.07, 6.45) is 3.66. The van der Waals surface area contributed by atoms with Crippen molar-refractivity contribution in [2.45, 2.75) is 51.5 Å². The van der Waals surface area contributed by atoms with E-state index in [0.29, 0.717) is 19.8 Å². The van der Waals surface area contributed by atoms with Gasteiger partial charge < -0.3 is 19.4 Å². The number of carbonyl (C=O) groups is 1. The minimum atomic E-state index is -0.174. The molecule has 1 N–H and O–H groups in total. The van der Waals surface area contributed by atoms with Crippen LogP contribution in [-0.2, 0) is 22.7 Å². The smallest absolute Gasteiger partial charge is 0.240 e. The monoisotopic (exact) mass is 392 g/mol. The molecule has 0 saturated carbocycles. The third kappa shape index (κ3) is 4.98. The molecule has 4 rings (SSSR count). The van der Waals surface area contributed by atoms with Gasteiger partial charge in [0, 0.05) is 29.7 Å². The van der Waals surface area contributed by atoms with Crippen molar-refractivity contribution in [2.75, 3.05) is 6.61 Å². The predicted octanol–water partition coefficient (Wildman–Crippen LogP) is 4.29. The van der Waals surface area contributed by atoms with Gasteiger partial charge in [-0.3, -0.25) is 4.79 Å². The van der Waals surface area contributed by atoms with Crippen LogP contribution in [0.25, 0.3) is 10.9 Å². The quantitative estimate of drug-likeness (QED) is 0.681. The Labute approximate surface area is 171 Å². The highest BCUT2D eigenvalue weighted by atomic mass is 16.5. The highest BCUT2D eigenvalue weighted by Gasteiger charge is 2.29. The first-order chi connectivity index (χ1) is 14.0. The molecule has 5 nitrogen and oxygen atoms in total. The van der Waals surface area contributed by atoms with Crippen molar-refractivity contribution in [1.82, 2.24) is 9.88 Å². The largest absolute Gasteiger partial charge is 0.489 e. The summed E-state index contributed by atoms with van der Waals surface area (Å²) >= 11 is 0. The Morgan fingerprint density at radius 3 is 2.83 bits per heavy atom. The molecule has 0 bridgehead atoms.